The molecule has 1 heterocycles. The van der Waals surface area contributed by atoms with Gasteiger partial charge in [-0.15, -0.1) is 0 Å². The molecular formula is C20H22ClF2NO. The molecule has 1 N–H and O–H groups in total. The largest absolute Gasteiger partial charge is 0.396 e. The lowest BCUT2D eigenvalue weighted by atomic mass is 9.75. The monoisotopic (exact) mass is 365 g/mol. The van der Waals surface area contributed by atoms with Gasteiger partial charge in [0.25, 0.3) is 0 Å². The first-order valence-electron chi connectivity index (χ1n) is 8.52. The normalized spacial score (nSPS) is 21.4. The number of rotatable bonds is 5. The Labute approximate surface area is 152 Å². The molecule has 0 aliphatic carbocycles. The zero-order valence-corrected chi connectivity index (χ0v) is 14.8. The highest BCUT2D eigenvalue weighted by Crippen LogP contribution is 2.35. The lowest BCUT2D eigenvalue weighted by molar-refractivity contribution is 0.0279. The molecule has 1 atom stereocenters. The maximum absolute atomic E-state index is 14.1. The number of aliphatic hydroxyl groups excluding tert-OH is 1. The van der Waals surface area contributed by atoms with Gasteiger partial charge in [0.05, 0.1) is 6.61 Å². The molecule has 0 aromatic heterocycles. The van der Waals surface area contributed by atoms with Crippen LogP contribution in [0.1, 0.15) is 24.0 Å². The molecule has 0 spiro atoms. The predicted molar refractivity (Wildman–Crippen MR) is 95.5 cm³/mol. The van der Waals surface area contributed by atoms with E-state index in [4.69, 9.17) is 11.6 Å². The molecule has 1 aliphatic heterocycles. The summed E-state index contributed by atoms with van der Waals surface area (Å²) < 4.78 is 28.1. The number of hydrogen-bond donors (Lipinski definition) is 1. The summed E-state index contributed by atoms with van der Waals surface area (Å²) in [6.45, 7) is 1.76. The molecule has 0 amide bonds. The maximum Gasteiger partial charge on any atom is 0.129 e. The number of nitrogens with zero attached hydrogens (tertiary/aromatic N) is 1. The third kappa shape index (κ3) is 4.20. The van der Waals surface area contributed by atoms with E-state index >= 15 is 0 Å². The number of halogens is 3. The maximum atomic E-state index is 14.1. The summed E-state index contributed by atoms with van der Waals surface area (Å²) in [5, 5.41) is 10.4. The summed E-state index contributed by atoms with van der Waals surface area (Å²) in [5.41, 5.74) is 0.671. The van der Waals surface area contributed by atoms with Gasteiger partial charge in [0, 0.05) is 29.1 Å². The van der Waals surface area contributed by atoms with Crippen molar-refractivity contribution in [2.24, 2.45) is 5.41 Å². The van der Waals surface area contributed by atoms with Crippen LogP contribution < -0.4 is 0 Å². The van der Waals surface area contributed by atoms with E-state index in [9.17, 15) is 13.9 Å². The minimum atomic E-state index is -0.418. The second kappa shape index (κ2) is 7.81. The SMILES string of the molecule is OC[C@]1(Cc2ccccc2F)CCCN(Cc2c(F)cccc2Cl)C1. The smallest absolute Gasteiger partial charge is 0.129 e. The minimum Gasteiger partial charge on any atom is -0.396 e. The second-order valence-electron chi connectivity index (χ2n) is 6.94. The van der Waals surface area contributed by atoms with Gasteiger partial charge in [-0.1, -0.05) is 35.9 Å². The zero-order valence-electron chi connectivity index (χ0n) is 14.0. The highest BCUT2D eigenvalue weighted by atomic mass is 35.5. The van der Waals surface area contributed by atoms with Crippen LogP contribution in [0.3, 0.4) is 0 Å². The Bertz CT molecular complexity index is 719. The Kier molecular flexibility index (Phi) is 5.72. The van der Waals surface area contributed by atoms with Crippen molar-refractivity contribution in [1.82, 2.24) is 4.90 Å². The van der Waals surface area contributed by atoms with E-state index in [1.807, 2.05) is 6.07 Å². The van der Waals surface area contributed by atoms with Crippen molar-refractivity contribution in [2.45, 2.75) is 25.8 Å². The molecule has 134 valence electrons. The van der Waals surface area contributed by atoms with Gasteiger partial charge in [0.15, 0.2) is 0 Å². The third-order valence-electron chi connectivity index (χ3n) is 5.04. The zero-order chi connectivity index (χ0) is 17.9. The van der Waals surface area contributed by atoms with Crippen LogP contribution in [0.5, 0.6) is 0 Å². The molecule has 3 rings (SSSR count). The van der Waals surface area contributed by atoms with Gasteiger partial charge in [-0.2, -0.15) is 0 Å². The van der Waals surface area contributed by atoms with Crippen LogP contribution in [-0.4, -0.2) is 29.7 Å². The molecule has 0 saturated carbocycles. The summed E-state index contributed by atoms with van der Waals surface area (Å²) in [5.74, 6) is -0.564. The molecule has 5 heteroatoms. The molecular weight excluding hydrogens is 344 g/mol. The fraction of sp³-hybridized carbons (Fsp3) is 0.400. The highest BCUT2D eigenvalue weighted by Gasteiger charge is 2.36. The van der Waals surface area contributed by atoms with Crippen LogP contribution in [-0.2, 0) is 13.0 Å². The van der Waals surface area contributed by atoms with Crippen molar-refractivity contribution in [3.8, 4) is 0 Å². The number of likely N-dealkylation sites (tertiary alicyclic amines) is 1. The lowest BCUT2D eigenvalue weighted by Gasteiger charge is -2.42. The molecule has 25 heavy (non-hydrogen) atoms. The number of benzene rings is 2. The first-order chi connectivity index (χ1) is 12.0. The number of piperidine rings is 1. The number of hydrogen-bond acceptors (Lipinski definition) is 2. The fourth-order valence-corrected chi connectivity index (χ4v) is 3.95. The van der Waals surface area contributed by atoms with Crippen molar-refractivity contribution in [2.75, 3.05) is 19.7 Å². The van der Waals surface area contributed by atoms with Crippen LogP contribution in [0.25, 0.3) is 0 Å². The van der Waals surface area contributed by atoms with Crippen molar-refractivity contribution < 1.29 is 13.9 Å². The van der Waals surface area contributed by atoms with Gasteiger partial charge in [0.2, 0.25) is 0 Å². The summed E-state index contributed by atoms with van der Waals surface area (Å²) in [7, 11) is 0. The topological polar surface area (TPSA) is 23.5 Å². The third-order valence-corrected chi connectivity index (χ3v) is 5.40. The molecule has 0 unspecified atom stereocenters. The van der Waals surface area contributed by atoms with Crippen molar-refractivity contribution in [3.63, 3.8) is 0 Å². The van der Waals surface area contributed by atoms with Gasteiger partial charge in [-0.25, -0.2) is 8.78 Å². The van der Waals surface area contributed by atoms with E-state index in [-0.39, 0.29) is 18.2 Å². The van der Waals surface area contributed by atoms with E-state index in [0.717, 1.165) is 19.4 Å². The minimum absolute atomic E-state index is 0.0250. The summed E-state index contributed by atoms with van der Waals surface area (Å²) in [6.07, 6.45) is 2.16. The van der Waals surface area contributed by atoms with E-state index in [1.165, 1.54) is 12.1 Å². The van der Waals surface area contributed by atoms with E-state index in [2.05, 4.69) is 4.90 Å². The standard InChI is InChI=1S/C20H22ClF2NO/c21-17-6-3-8-19(23)16(17)12-24-10-4-9-20(13-24,14-25)11-15-5-1-2-7-18(15)22/h1-3,5-8,25H,4,9-14H2/t20-/m0/s1. The number of aliphatic hydroxyl groups is 1. The fourth-order valence-electron chi connectivity index (χ4n) is 3.73. The Morgan fingerprint density at radius 3 is 2.56 bits per heavy atom. The Morgan fingerprint density at radius 1 is 1.08 bits per heavy atom. The van der Waals surface area contributed by atoms with Gasteiger partial charge < -0.3 is 5.11 Å². The summed E-state index contributed by atoms with van der Waals surface area (Å²) in [4.78, 5) is 2.10. The van der Waals surface area contributed by atoms with E-state index in [0.29, 0.717) is 35.7 Å². The average molecular weight is 366 g/mol. The van der Waals surface area contributed by atoms with Gasteiger partial charge in [-0.05, 0) is 49.6 Å². The van der Waals surface area contributed by atoms with Crippen molar-refractivity contribution >= 4 is 11.6 Å². The van der Waals surface area contributed by atoms with Crippen LogP contribution in [0.2, 0.25) is 5.02 Å². The van der Waals surface area contributed by atoms with Gasteiger partial charge in [0.1, 0.15) is 11.6 Å². The summed E-state index contributed by atoms with van der Waals surface area (Å²) in [6, 6.07) is 11.4. The summed E-state index contributed by atoms with van der Waals surface area (Å²) >= 11 is 6.14. The molecule has 2 aromatic carbocycles. The van der Waals surface area contributed by atoms with E-state index in [1.54, 1.807) is 24.3 Å². The first kappa shape index (κ1) is 18.3. The Morgan fingerprint density at radius 2 is 1.84 bits per heavy atom. The van der Waals surface area contributed by atoms with Crippen molar-refractivity contribution in [3.05, 3.63) is 70.2 Å². The van der Waals surface area contributed by atoms with E-state index < -0.39 is 5.41 Å². The molecule has 2 nitrogen and oxygen atoms in total. The molecule has 0 radical (unpaired) electrons. The van der Waals surface area contributed by atoms with Crippen LogP contribution in [0.15, 0.2) is 42.5 Å². The lowest BCUT2D eigenvalue weighted by Crippen LogP contribution is -2.46. The highest BCUT2D eigenvalue weighted by molar-refractivity contribution is 6.31. The second-order valence-corrected chi connectivity index (χ2v) is 7.35. The predicted octanol–water partition coefficient (Wildman–Crippen LogP) is 4.44. The van der Waals surface area contributed by atoms with Crippen molar-refractivity contribution in [1.29, 1.82) is 0 Å². The molecule has 2 aromatic rings. The quantitative estimate of drug-likeness (QED) is 0.847. The average Bonchev–Trinajstić information content (AvgIpc) is 2.61. The molecule has 0 bridgehead atoms. The molecule has 1 fully saturated rings. The Balaban J connectivity index is 1.77. The van der Waals surface area contributed by atoms with Crippen LogP contribution >= 0.6 is 11.6 Å². The first-order valence-corrected chi connectivity index (χ1v) is 8.90. The van der Waals surface area contributed by atoms with Crippen LogP contribution in [0, 0.1) is 17.0 Å². The Hall–Kier alpha value is -1.49. The van der Waals surface area contributed by atoms with Crippen LogP contribution in [0.4, 0.5) is 8.78 Å². The van der Waals surface area contributed by atoms with Gasteiger partial charge in [-0.3, -0.25) is 4.90 Å². The molecule has 1 saturated heterocycles. The van der Waals surface area contributed by atoms with Gasteiger partial charge >= 0.3 is 0 Å². The molecule has 1 aliphatic rings.